The second kappa shape index (κ2) is 13.6. The van der Waals surface area contributed by atoms with E-state index in [0.717, 1.165) is 56.4 Å². The van der Waals surface area contributed by atoms with Crippen LogP contribution in [0.25, 0.3) is 0 Å². The van der Waals surface area contributed by atoms with Crippen molar-refractivity contribution in [1.82, 2.24) is 0 Å². The van der Waals surface area contributed by atoms with E-state index in [0.29, 0.717) is 17.8 Å². The lowest BCUT2D eigenvalue weighted by atomic mass is 9.78. The van der Waals surface area contributed by atoms with E-state index in [2.05, 4.69) is 26.0 Å². The monoisotopic (exact) mass is 432 g/mol. The minimum atomic E-state index is -0.0386. The van der Waals surface area contributed by atoms with Crippen molar-refractivity contribution in [1.29, 1.82) is 0 Å². The van der Waals surface area contributed by atoms with E-state index in [1.807, 2.05) is 0 Å². The van der Waals surface area contributed by atoms with Gasteiger partial charge >= 0.3 is 0 Å². The number of hydrogen-bond donors (Lipinski definition) is 0. The third-order valence-corrected chi connectivity index (χ3v) is 7.44. The summed E-state index contributed by atoms with van der Waals surface area (Å²) >= 11 is 0. The highest BCUT2D eigenvalue weighted by atomic mass is 19.1. The molecule has 0 spiro atoms. The number of aryl methyl sites for hydroxylation is 1. The second-order valence-corrected chi connectivity index (χ2v) is 10.0. The molecule has 176 valence electrons. The molecule has 0 radical (unpaired) electrons. The van der Waals surface area contributed by atoms with Crippen LogP contribution < -0.4 is 0 Å². The normalized spacial score (nSPS) is 26.8. The molecule has 3 rings (SSSR count). The van der Waals surface area contributed by atoms with Gasteiger partial charge < -0.3 is 9.47 Å². The van der Waals surface area contributed by atoms with Gasteiger partial charge in [0.25, 0.3) is 0 Å². The molecule has 2 nitrogen and oxygen atoms in total. The van der Waals surface area contributed by atoms with E-state index >= 15 is 0 Å². The number of hydrogen-bond acceptors (Lipinski definition) is 2. The first-order valence-corrected chi connectivity index (χ1v) is 13.2. The molecular formula is C28H45FO2. The van der Waals surface area contributed by atoms with Crippen LogP contribution >= 0.6 is 0 Å². The molecule has 0 N–H and O–H groups in total. The molecule has 3 heteroatoms. The van der Waals surface area contributed by atoms with Crippen molar-refractivity contribution in [2.24, 2.45) is 11.8 Å². The van der Waals surface area contributed by atoms with Gasteiger partial charge in [0, 0.05) is 11.8 Å². The van der Waals surface area contributed by atoms with E-state index in [9.17, 15) is 4.39 Å². The van der Waals surface area contributed by atoms with E-state index in [1.165, 1.54) is 57.8 Å². The summed E-state index contributed by atoms with van der Waals surface area (Å²) in [5.74, 6) is 1.39. The zero-order valence-corrected chi connectivity index (χ0v) is 20.0. The Labute approximate surface area is 190 Å². The molecule has 0 aromatic heterocycles. The lowest BCUT2D eigenvalue weighted by Crippen LogP contribution is -2.38. The summed E-state index contributed by atoms with van der Waals surface area (Å²) in [7, 11) is 0. The molecule has 0 unspecified atom stereocenters. The van der Waals surface area contributed by atoms with Crippen molar-refractivity contribution in [3.05, 3.63) is 35.1 Å². The van der Waals surface area contributed by atoms with Crippen LogP contribution in [-0.2, 0) is 15.9 Å². The van der Waals surface area contributed by atoms with Gasteiger partial charge in [-0.1, -0.05) is 70.9 Å². The highest BCUT2D eigenvalue weighted by molar-refractivity contribution is 5.27. The molecule has 0 atom stereocenters. The fourth-order valence-corrected chi connectivity index (χ4v) is 5.37. The maximum absolute atomic E-state index is 14.8. The summed E-state index contributed by atoms with van der Waals surface area (Å²) in [5, 5.41) is 0. The standard InChI is InChI=1S/C28H45FO2/c1-3-5-7-8-10-11-22-13-18-26(27(29)19-22)24-14-16-25(17-15-24)28-30-20-23(21-31-28)12-9-6-4-2/h13,18-19,23-25,28H,3-12,14-17,20-21H2,1-2H3. The first kappa shape index (κ1) is 24.7. The van der Waals surface area contributed by atoms with Crippen molar-refractivity contribution >= 4 is 0 Å². The molecule has 2 aliphatic rings. The van der Waals surface area contributed by atoms with Crippen LogP contribution in [0.2, 0.25) is 0 Å². The summed E-state index contributed by atoms with van der Waals surface area (Å²) < 4.78 is 27.1. The summed E-state index contributed by atoms with van der Waals surface area (Å²) in [5.41, 5.74) is 2.08. The Balaban J connectivity index is 1.39. The quantitative estimate of drug-likeness (QED) is 0.310. The molecule has 1 aromatic carbocycles. The lowest BCUT2D eigenvalue weighted by molar-refractivity contribution is -0.229. The smallest absolute Gasteiger partial charge is 0.160 e. The van der Waals surface area contributed by atoms with Crippen molar-refractivity contribution < 1.29 is 13.9 Å². The average Bonchev–Trinajstić information content (AvgIpc) is 2.80. The third kappa shape index (κ3) is 7.86. The number of rotatable bonds is 12. The Bertz CT molecular complexity index is 615. The van der Waals surface area contributed by atoms with Crippen molar-refractivity contribution in [3.8, 4) is 0 Å². The Hall–Kier alpha value is -0.930. The van der Waals surface area contributed by atoms with Gasteiger partial charge in [-0.3, -0.25) is 0 Å². The zero-order chi connectivity index (χ0) is 21.9. The van der Waals surface area contributed by atoms with Gasteiger partial charge in [0.05, 0.1) is 13.2 Å². The fraction of sp³-hybridized carbons (Fsp3) is 0.786. The van der Waals surface area contributed by atoms with Crippen LogP contribution in [0.3, 0.4) is 0 Å². The van der Waals surface area contributed by atoms with Crippen LogP contribution in [0, 0.1) is 17.7 Å². The van der Waals surface area contributed by atoms with Gasteiger partial charge in [0.1, 0.15) is 5.82 Å². The van der Waals surface area contributed by atoms with Gasteiger partial charge in [-0.2, -0.15) is 0 Å². The van der Waals surface area contributed by atoms with E-state index in [-0.39, 0.29) is 12.1 Å². The molecule has 2 fully saturated rings. The summed E-state index contributed by atoms with van der Waals surface area (Å²) in [6.45, 7) is 6.18. The minimum Gasteiger partial charge on any atom is -0.352 e. The Morgan fingerprint density at radius 2 is 1.52 bits per heavy atom. The zero-order valence-electron chi connectivity index (χ0n) is 20.0. The van der Waals surface area contributed by atoms with E-state index in [4.69, 9.17) is 9.47 Å². The van der Waals surface area contributed by atoms with Gasteiger partial charge in [-0.05, 0) is 68.1 Å². The van der Waals surface area contributed by atoms with Crippen LogP contribution in [0.4, 0.5) is 4.39 Å². The topological polar surface area (TPSA) is 18.5 Å². The molecule has 0 bridgehead atoms. The molecule has 1 aromatic rings. The molecule has 1 heterocycles. The minimum absolute atomic E-state index is 0.00888. The van der Waals surface area contributed by atoms with Gasteiger partial charge in [-0.25, -0.2) is 4.39 Å². The molecular weight excluding hydrogens is 387 g/mol. The van der Waals surface area contributed by atoms with Gasteiger partial charge in [-0.15, -0.1) is 0 Å². The number of benzene rings is 1. The molecule has 0 amide bonds. The summed E-state index contributed by atoms with van der Waals surface area (Å²) in [6.07, 6.45) is 16.6. The first-order valence-electron chi connectivity index (χ1n) is 13.2. The van der Waals surface area contributed by atoms with Crippen molar-refractivity contribution in [2.45, 2.75) is 116 Å². The predicted molar refractivity (Wildman–Crippen MR) is 127 cm³/mol. The lowest BCUT2D eigenvalue weighted by Gasteiger charge is -2.37. The summed E-state index contributed by atoms with van der Waals surface area (Å²) in [6, 6.07) is 6.03. The maximum Gasteiger partial charge on any atom is 0.160 e. The second-order valence-electron chi connectivity index (χ2n) is 10.0. The van der Waals surface area contributed by atoms with Crippen LogP contribution in [0.15, 0.2) is 18.2 Å². The third-order valence-electron chi connectivity index (χ3n) is 7.44. The van der Waals surface area contributed by atoms with Crippen molar-refractivity contribution in [3.63, 3.8) is 0 Å². The highest BCUT2D eigenvalue weighted by Gasteiger charge is 2.33. The number of ether oxygens (including phenoxy) is 2. The summed E-state index contributed by atoms with van der Waals surface area (Å²) in [4.78, 5) is 0. The molecule has 1 saturated heterocycles. The molecule has 1 aliphatic heterocycles. The predicted octanol–water partition coefficient (Wildman–Crippen LogP) is 8.18. The molecule has 1 aliphatic carbocycles. The molecule has 31 heavy (non-hydrogen) atoms. The Morgan fingerprint density at radius 1 is 0.839 bits per heavy atom. The van der Waals surface area contributed by atoms with Crippen LogP contribution in [0.1, 0.15) is 114 Å². The van der Waals surface area contributed by atoms with Crippen LogP contribution in [0.5, 0.6) is 0 Å². The van der Waals surface area contributed by atoms with Gasteiger partial charge in [0.15, 0.2) is 6.29 Å². The number of halogens is 1. The van der Waals surface area contributed by atoms with Crippen LogP contribution in [-0.4, -0.2) is 19.5 Å². The van der Waals surface area contributed by atoms with E-state index < -0.39 is 0 Å². The largest absolute Gasteiger partial charge is 0.352 e. The van der Waals surface area contributed by atoms with Crippen molar-refractivity contribution in [2.75, 3.05) is 13.2 Å². The van der Waals surface area contributed by atoms with Gasteiger partial charge in [0.2, 0.25) is 0 Å². The molecule has 1 saturated carbocycles. The van der Waals surface area contributed by atoms with E-state index in [1.54, 1.807) is 6.07 Å². The SMILES string of the molecule is CCCCCCCc1ccc(C2CCC(C3OCC(CCCCC)CO3)CC2)c(F)c1. The first-order chi connectivity index (χ1) is 15.2. The Kier molecular flexibility index (Phi) is 10.8. The fourth-order valence-electron chi connectivity index (χ4n) is 5.37. The Morgan fingerprint density at radius 3 is 2.19 bits per heavy atom. The average molecular weight is 433 g/mol. The number of unbranched alkanes of at least 4 members (excludes halogenated alkanes) is 6. The highest BCUT2D eigenvalue weighted by Crippen LogP contribution is 2.40. The maximum atomic E-state index is 14.8.